The van der Waals surface area contributed by atoms with Gasteiger partial charge in [0.05, 0.1) is 6.42 Å². The fourth-order valence-electron chi connectivity index (χ4n) is 2.82. The van der Waals surface area contributed by atoms with Gasteiger partial charge in [0, 0.05) is 36.7 Å². The van der Waals surface area contributed by atoms with E-state index in [4.69, 9.17) is 5.11 Å². The number of carbonyl (C=O) groups is 2. The Bertz CT molecular complexity index is 680. The number of benzene rings is 1. The second-order valence-corrected chi connectivity index (χ2v) is 5.23. The first-order valence-corrected chi connectivity index (χ1v) is 6.93. The number of aliphatic carboxylic acids is 1. The molecular weight excluding hydrogens is 270 g/mol. The van der Waals surface area contributed by atoms with Gasteiger partial charge < -0.3 is 15.4 Å². The second-order valence-electron chi connectivity index (χ2n) is 5.23. The van der Waals surface area contributed by atoms with Crippen molar-refractivity contribution in [3.63, 3.8) is 0 Å². The van der Waals surface area contributed by atoms with E-state index < -0.39 is 12.0 Å². The first-order chi connectivity index (χ1) is 10.1. The third-order valence-electron chi connectivity index (χ3n) is 3.86. The highest BCUT2D eigenvalue weighted by Gasteiger charge is 2.31. The van der Waals surface area contributed by atoms with Crippen molar-refractivity contribution >= 4 is 22.8 Å². The number of H-pyrrole nitrogens is 1. The van der Waals surface area contributed by atoms with Crippen LogP contribution in [0.25, 0.3) is 10.9 Å². The van der Waals surface area contributed by atoms with Crippen LogP contribution in [-0.2, 0) is 16.1 Å². The highest BCUT2D eigenvalue weighted by molar-refractivity contribution is 5.87. The number of aromatic amines is 1. The lowest BCUT2D eigenvalue weighted by atomic mass is 10.1. The molecular formula is C15H17N3O3. The highest BCUT2D eigenvalue weighted by atomic mass is 16.4. The van der Waals surface area contributed by atoms with Gasteiger partial charge in [-0.3, -0.25) is 14.5 Å². The molecule has 1 unspecified atom stereocenters. The molecule has 2 aromatic rings. The number of nitrogens with one attached hydrogen (secondary N) is 2. The van der Waals surface area contributed by atoms with E-state index in [1.54, 1.807) is 0 Å². The van der Waals surface area contributed by atoms with E-state index in [2.05, 4.69) is 10.3 Å². The predicted octanol–water partition coefficient (Wildman–Crippen LogP) is 0.943. The number of carboxylic acid groups (broad SMARTS) is 1. The third-order valence-corrected chi connectivity index (χ3v) is 3.86. The number of hydrogen-bond donors (Lipinski definition) is 3. The summed E-state index contributed by atoms with van der Waals surface area (Å²) in [7, 11) is 0. The molecule has 3 N–H and O–H groups in total. The highest BCUT2D eigenvalue weighted by Crippen LogP contribution is 2.21. The van der Waals surface area contributed by atoms with E-state index in [0.717, 1.165) is 16.5 Å². The maximum atomic E-state index is 11.9. The van der Waals surface area contributed by atoms with E-state index >= 15 is 0 Å². The van der Waals surface area contributed by atoms with Gasteiger partial charge in [0.25, 0.3) is 0 Å². The fourth-order valence-corrected chi connectivity index (χ4v) is 2.82. The van der Waals surface area contributed by atoms with Gasteiger partial charge in [-0.05, 0) is 11.6 Å². The molecule has 6 heteroatoms. The normalized spacial score (nSPS) is 19.6. The van der Waals surface area contributed by atoms with Crippen molar-refractivity contribution in [2.24, 2.45) is 0 Å². The molecule has 1 atom stereocenters. The number of carboxylic acids is 1. The summed E-state index contributed by atoms with van der Waals surface area (Å²) in [4.78, 5) is 28.0. The zero-order valence-electron chi connectivity index (χ0n) is 11.5. The molecule has 1 aromatic carbocycles. The zero-order valence-corrected chi connectivity index (χ0v) is 11.5. The minimum Gasteiger partial charge on any atom is -0.481 e. The summed E-state index contributed by atoms with van der Waals surface area (Å²) >= 11 is 0. The van der Waals surface area contributed by atoms with Crippen LogP contribution in [0.15, 0.2) is 30.5 Å². The van der Waals surface area contributed by atoms with Crippen LogP contribution >= 0.6 is 0 Å². The Morgan fingerprint density at radius 1 is 1.38 bits per heavy atom. The topological polar surface area (TPSA) is 85.4 Å². The smallest absolute Gasteiger partial charge is 0.305 e. The Morgan fingerprint density at radius 3 is 3.00 bits per heavy atom. The van der Waals surface area contributed by atoms with Gasteiger partial charge in [-0.25, -0.2) is 0 Å². The van der Waals surface area contributed by atoms with Crippen molar-refractivity contribution in [2.45, 2.75) is 19.0 Å². The van der Waals surface area contributed by atoms with Gasteiger partial charge in [-0.2, -0.15) is 0 Å². The third kappa shape index (κ3) is 2.75. The van der Waals surface area contributed by atoms with Gasteiger partial charge in [0.15, 0.2) is 0 Å². The average molecular weight is 287 g/mol. The summed E-state index contributed by atoms with van der Waals surface area (Å²) in [6.07, 6.45) is 1.75. The van der Waals surface area contributed by atoms with Gasteiger partial charge in [-0.15, -0.1) is 0 Å². The first-order valence-electron chi connectivity index (χ1n) is 6.93. The van der Waals surface area contributed by atoms with Gasteiger partial charge in [0.1, 0.15) is 6.04 Å². The van der Waals surface area contributed by atoms with Gasteiger partial charge in [-0.1, -0.05) is 18.2 Å². The van der Waals surface area contributed by atoms with Crippen molar-refractivity contribution in [3.8, 4) is 0 Å². The van der Waals surface area contributed by atoms with E-state index in [0.29, 0.717) is 19.6 Å². The number of aromatic nitrogens is 1. The summed E-state index contributed by atoms with van der Waals surface area (Å²) in [6, 6.07) is 7.35. The summed E-state index contributed by atoms with van der Waals surface area (Å²) in [5.41, 5.74) is 2.12. The molecule has 1 aromatic heterocycles. The molecule has 3 rings (SSSR count). The number of para-hydroxylation sites is 1. The van der Waals surface area contributed by atoms with Crippen molar-refractivity contribution in [1.82, 2.24) is 15.2 Å². The Kier molecular flexibility index (Phi) is 3.62. The summed E-state index contributed by atoms with van der Waals surface area (Å²) in [5, 5.41) is 12.8. The molecule has 1 aliphatic rings. The van der Waals surface area contributed by atoms with Crippen LogP contribution in [0.2, 0.25) is 0 Å². The number of fused-ring (bicyclic) bond motifs is 1. The van der Waals surface area contributed by atoms with Crippen LogP contribution in [0, 0.1) is 0 Å². The maximum Gasteiger partial charge on any atom is 0.305 e. The number of nitrogens with zero attached hydrogens (tertiary/aromatic N) is 1. The molecule has 21 heavy (non-hydrogen) atoms. The van der Waals surface area contributed by atoms with Crippen molar-refractivity contribution in [2.75, 3.05) is 13.1 Å². The number of hydrogen-bond acceptors (Lipinski definition) is 3. The standard InChI is InChI=1S/C15H17N3O3/c19-14(20)7-13-15(21)16-5-6-18(13)9-10-8-17-12-4-2-1-3-11(10)12/h1-4,8,13,17H,5-7,9H2,(H,16,21)(H,19,20). The zero-order chi connectivity index (χ0) is 14.8. The molecule has 1 saturated heterocycles. The molecule has 0 radical (unpaired) electrons. The number of rotatable bonds is 4. The van der Waals surface area contributed by atoms with E-state index in [9.17, 15) is 9.59 Å². The second kappa shape index (κ2) is 5.57. The predicted molar refractivity (Wildman–Crippen MR) is 77.8 cm³/mol. The van der Waals surface area contributed by atoms with Gasteiger partial charge in [0.2, 0.25) is 5.91 Å². The summed E-state index contributed by atoms with van der Waals surface area (Å²) < 4.78 is 0. The van der Waals surface area contributed by atoms with Crippen molar-refractivity contribution in [1.29, 1.82) is 0 Å². The minimum atomic E-state index is -0.957. The summed E-state index contributed by atoms with van der Waals surface area (Å²) in [6.45, 7) is 1.77. The largest absolute Gasteiger partial charge is 0.481 e. The fraction of sp³-hybridized carbons (Fsp3) is 0.333. The Balaban J connectivity index is 1.84. The SMILES string of the molecule is O=C(O)CC1C(=O)NCCN1Cc1c[nH]c2ccccc12. The van der Waals surface area contributed by atoms with E-state index in [-0.39, 0.29) is 12.3 Å². The monoisotopic (exact) mass is 287 g/mol. The van der Waals surface area contributed by atoms with Crippen LogP contribution in [0.3, 0.4) is 0 Å². The van der Waals surface area contributed by atoms with Crippen molar-refractivity contribution in [3.05, 3.63) is 36.0 Å². The number of amides is 1. The molecule has 0 aliphatic carbocycles. The molecule has 0 saturated carbocycles. The molecule has 6 nitrogen and oxygen atoms in total. The van der Waals surface area contributed by atoms with E-state index in [1.807, 2.05) is 35.4 Å². The van der Waals surface area contributed by atoms with Gasteiger partial charge >= 0.3 is 5.97 Å². The molecule has 1 amide bonds. The van der Waals surface area contributed by atoms with E-state index in [1.165, 1.54) is 0 Å². The molecule has 0 bridgehead atoms. The lowest BCUT2D eigenvalue weighted by Crippen LogP contribution is -2.55. The van der Waals surface area contributed by atoms with Crippen LogP contribution in [0.1, 0.15) is 12.0 Å². The molecule has 0 spiro atoms. The Morgan fingerprint density at radius 2 is 2.19 bits per heavy atom. The van der Waals surface area contributed by atoms with Crippen LogP contribution in [-0.4, -0.2) is 46.0 Å². The quantitative estimate of drug-likeness (QED) is 0.781. The van der Waals surface area contributed by atoms with Crippen LogP contribution in [0.4, 0.5) is 0 Å². The van der Waals surface area contributed by atoms with Crippen LogP contribution in [0.5, 0.6) is 0 Å². The molecule has 2 heterocycles. The number of piperazine rings is 1. The maximum absolute atomic E-state index is 11.9. The summed E-state index contributed by atoms with van der Waals surface area (Å²) in [5.74, 6) is -1.16. The number of carbonyl (C=O) groups excluding carboxylic acids is 1. The first kappa shape index (κ1) is 13.6. The molecule has 1 aliphatic heterocycles. The lowest BCUT2D eigenvalue weighted by Gasteiger charge is -2.34. The van der Waals surface area contributed by atoms with Crippen molar-refractivity contribution < 1.29 is 14.7 Å². The Hall–Kier alpha value is -2.34. The minimum absolute atomic E-state index is 0.172. The molecule has 1 fully saturated rings. The molecule has 110 valence electrons. The average Bonchev–Trinajstić information content (AvgIpc) is 2.86. The lowest BCUT2D eigenvalue weighted by molar-refractivity contribution is -0.143. The Labute approximate surface area is 121 Å². The van der Waals surface area contributed by atoms with Crippen LogP contribution < -0.4 is 5.32 Å².